The maximum Gasteiger partial charge on any atom is 0.122 e. The molecule has 3 rings (SSSR count). The Morgan fingerprint density at radius 1 is 1.19 bits per heavy atom. The monoisotopic (exact) mass is 287 g/mol. The van der Waals surface area contributed by atoms with Gasteiger partial charge in [-0.05, 0) is 43.4 Å². The van der Waals surface area contributed by atoms with Gasteiger partial charge in [0.15, 0.2) is 0 Å². The lowest BCUT2D eigenvalue weighted by Crippen LogP contribution is -2.44. The molecule has 1 N–H and O–H groups in total. The molecule has 4 unspecified atom stereocenters. The number of hydrogen-bond donors (Lipinski definition) is 1. The lowest BCUT2D eigenvalue weighted by molar-refractivity contribution is 0.143. The van der Waals surface area contributed by atoms with Crippen LogP contribution in [0, 0.1) is 11.8 Å². The van der Waals surface area contributed by atoms with Crippen LogP contribution in [0.25, 0.3) is 0 Å². The average Bonchev–Trinajstić information content (AvgIpc) is 2.56. The van der Waals surface area contributed by atoms with Crippen LogP contribution in [0.3, 0.4) is 0 Å². The van der Waals surface area contributed by atoms with Crippen LogP contribution in [0.2, 0.25) is 0 Å². The molecule has 1 aliphatic carbocycles. The standard InChI is InChI=1S/C19H29NO/c1-3-14-8-4-5-9-15(14)19(20-2)17-12-13-21-18-11-7-6-10-16(17)18/h6-7,10-11,14-15,17,19-20H,3-5,8-9,12-13H2,1-2H3. The third kappa shape index (κ3) is 2.96. The number of nitrogens with one attached hydrogen (secondary N) is 1. The number of likely N-dealkylation sites (N-methyl/N-ethyl adjacent to an activating group) is 1. The third-order valence-corrected chi connectivity index (χ3v) is 5.73. The minimum atomic E-state index is 0.597. The van der Waals surface area contributed by atoms with Crippen LogP contribution in [-0.4, -0.2) is 19.7 Å². The van der Waals surface area contributed by atoms with E-state index in [2.05, 4.69) is 43.6 Å². The average molecular weight is 287 g/mol. The first-order valence-corrected chi connectivity index (χ1v) is 8.74. The summed E-state index contributed by atoms with van der Waals surface area (Å²) in [6.07, 6.45) is 8.12. The van der Waals surface area contributed by atoms with E-state index in [9.17, 15) is 0 Å². The van der Waals surface area contributed by atoms with Crippen LogP contribution in [0.4, 0.5) is 0 Å². The van der Waals surface area contributed by atoms with Crippen LogP contribution in [0.15, 0.2) is 24.3 Å². The van der Waals surface area contributed by atoms with E-state index in [1.54, 1.807) is 0 Å². The molecule has 2 nitrogen and oxygen atoms in total. The molecule has 4 atom stereocenters. The van der Waals surface area contributed by atoms with Gasteiger partial charge in [0, 0.05) is 12.0 Å². The van der Waals surface area contributed by atoms with Gasteiger partial charge in [-0.3, -0.25) is 0 Å². The topological polar surface area (TPSA) is 21.3 Å². The van der Waals surface area contributed by atoms with Gasteiger partial charge in [-0.2, -0.15) is 0 Å². The Balaban J connectivity index is 1.86. The maximum atomic E-state index is 5.86. The predicted octanol–water partition coefficient (Wildman–Crippen LogP) is 4.36. The molecule has 1 heterocycles. The fourth-order valence-electron chi connectivity index (χ4n) is 4.67. The molecule has 0 spiro atoms. The fourth-order valence-corrected chi connectivity index (χ4v) is 4.67. The Labute approximate surface area is 129 Å². The number of para-hydroxylation sites is 1. The second-order valence-corrected chi connectivity index (χ2v) is 6.71. The summed E-state index contributed by atoms with van der Waals surface area (Å²) in [6.45, 7) is 3.23. The first-order chi connectivity index (χ1) is 10.3. The van der Waals surface area contributed by atoms with Crippen molar-refractivity contribution in [1.29, 1.82) is 0 Å². The summed E-state index contributed by atoms with van der Waals surface area (Å²) >= 11 is 0. The summed E-state index contributed by atoms with van der Waals surface area (Å²) < 4.78 is 5.86. The van der Waals surface area contributed by atoms with Gasteiger partial charge < -0.3 is 10.1 Å². The van der Waals surface area contributed by atoms with Gasteiger partial charge >= 0.3 is 0 Å². The first-order valence-electron chi connectivity index (χ1n) is 8.74. The molecule has 1 aromatic carbocycles. The SMILES string of the molecule is CCC1CCCCC1C(NC)C1CCOc2ccccc21. The second kappa shape index (κ2) is 6.83. The van der Waals surface area contributed by atoms with Gasteiger partial charge in [0.05, 0.1) is 6.61 Å². The summed E-state index contributed by atoms with van der Waals surface area (Å²) in [7, 11) is 2.16. The quantitative estimate of drug-likeness (QED) is 0.888. The summed E-state index contributed by atoms with van der Waals surface area (Å²) in [4.78, 5) is 0. The normalized spacial score (nSPS) is 30.3. The molecule has 2 heteroatoms. The zero-order valence-corrected chi connectivity index (χ0v) is 13.5. The van der Waals surface area contributed by atoms with Crippen molar-refractivity contribution >= 4 is 0 Å². The molecule has 0 aromatic heterocycles. The highest BCUT2D eigenvalue weighted by molar-refractivity contribution is 5.38. The molecule has 0 saturated heterocycles. The number of ether oxygens (including phenoxy) is 1. The van der Waals surface area contributed by atoms with Crippen molar-refractivity contribution in [2.75, 3.05) is 13.7 Å². The van der Waals surface area contributed by atoms with E-state index < -0.39 is 0 Å². The fraction of sp³-hybridized carbons (Fsp3) is 0.684. The van der Waals surface area contributed by atoms with E-state index in [1.165, 1.54) is 37.7 Å². The Morgan fingerprint density at radius 2 is 2.00 bits per heavy atom. The van der Waals surface area contributed by atoms with E-state index >= 15 is 0 Å². The second-order valence-electron chi connectivity index (χ2n) is 6.71. The minimum absolute atomic E-state index is 0.597. The van der Waals surface area contributed by atoms with Crippen LogP contribution < -0.4 is 10.1 Å². The molecule has 0 radical (unpaired) electrons. The molecule has 2 aliphatic rings. The molecule has 0 bridgehead atoms. The predicted molar refractivity (Wildman–Crippen MR) is 87.9 cm³/mol. The summed E-state index contributed by atoms with van der Waals surface area (Å²) in [6, 6.07) is 9.25. The van der Waals surface area contributed by atoms with Crippen LogP contribution in [-0.2, 0) is 0 Å². The molecular formula is C19H29NO. The Bertz CT molecular complexity index is 459. The van der Waals surface area contributed by atoms with Crippen molar-refractivity contribution in [3.05, 3.63) is 29.8 Å². The highest BCUT2D eigenvalue weighted by Crippen LogP contribution is 2.43. The minimum Gasteiger partial charge on any atom is -0.493 e. The molecule has 0 amide bonds. The van der Waals surface area contributed by atoms with E-state index in [-0.39, 0.29) is 0 Å². The van der Waals surface area contributed by atoms with E-state index in [4.69, 9.17) is 4.74 Å². The van der Waals surface area contributed by atoms with Crippen molar-refractivity contribution in [2.45, 2.75) is 57.4 Å². The van der Waals surface area contributed by atoms with Gasteiger partial charge in [-0.15, -0.1) is 0 Å². The maximum absolute atomic E-state index is 5.86. The van der Waals surface area contributed by atoms with Gasteiger partial charge in [-0.25, -0.2) is 0 Å². The van der Waals surface area contributed by atoms with Gasteiger partial charge in [0.25, 0.3) is 0 Å². The molecule has 116 valence electrons. The van der Waals surface area contributed by atoms with Crippen molar-refractivity contribution in [3.8, 4) is 5.75 Å². The molecule has 21 heavy (non-hydrogen) atoms. The van der Waals surface area contributed by atoms with E-state index in [0.29, 0.717) is 12.0 Å². The van der Waals surface area contributed by atoms with E-state index in [1.807, 2.05) is 0 Å². The van der Waals surface area contributed by atoms with Crippen molar-refractivity contribution in [2.24, 2.45) is 11.8 Å². The lowest BCUT2D eigenvalue weighted by Gasteiger charge is -2.42. The molecule has 1 saturated carbocycles. The van der Waals surface area contributed by atoms with Crippen LogP contribution in [0.5, 0.6) is 5.75 Å². The van der Waals surface area contributed by atoms with Crippen molar-refractivity contribution in [1.82, 2.24) is 5.32 Å². The zero-order valence-electron chi connectivity index (χ0n) is 13.5. The van der Waals surface area contributed by atoms with Gasteiger partial charge in [0.2, 0.25) is 0 Å². The van der Waals surface area contributed by atoms with Crippen LogP contribution in [0.1, 0.15) is 56.9 Å². The van der Waals surface area contributed by atoms with Crippen molar-refractivity contribution < 1.29 is 4.74 Å². The Hall–Kier alpha value is -1.02. The van der Waals surface area contributed by atoms with Crippen molar-refractivity contribution in [3.63, 3.8) is 0 Å². The number of benzene rings is 1. The highest BCUT2D eigenvalue weighted by Gasteiger charge is 2.37. The first kappa shape index (κ1) is 14.9. The summed E-state index contributed by atoms with van der Waals surface area (Å²) in [5.74, 6) is 3.44. The smallest absolute Gasteiger partial charge is 0.122 e. The zero-order chi connectivity index (χ0) is 14.7. The summed E-state index contributed by atoms with van der Waals surface area (Å²) in [5, 5.41) is 3.69. The highest BCUT2D eigenvalue weighted by atomic mass is 16.5. The largest absolute Gasteiger partial charge is 0.493 e. The Morgan fingerprint density at radius 3 is 2.81 bits per heavy atom. The molecule has 1 fully saturated rings. The third-order valence-electron chi connectivity index (χ3n) is 5.73. The molecule has 1 aromatic rings. The number of hydrogen-bond acceptors (Lipinski definition) is 2. The summed E-state index contributed by atoms with van der Waals surface area (Å²) in [5.41, 5.74) is 1.42. The van der Waals surface area contributed by atoms with Gasteiger partial charge in [0.1, 0.15) is 5.75 Å². The van der Waals surface area contributed by atoms with Crippen LogP contribution >= 0.6 is 0 Å². The Kier molecular flexibility index (Phi) is 4.84. The molecule has 1 aliphatic heterocycles. The lowest BCUT2D eigenvalue weighted by atomic mass is 9.69. The molecular weight excluding hydrogens is 258 g/mol. The number of rotatable bonds is 4. The number of fused-ring (bicyclic) bond motifs is 1. The van der Waals surface area contributed by atoms with Gasteiger partial charge in [-0.1, -0.05) is 50.8 Å². The van der Waals surface area contributed by atoms with E-state index in [0.717, 1.165) is 30.6 Å².